The Bertz CT molecular complexity index is 503. The minimum Gasteiger partial charge on any atom is -0.482 e. The molecule has 1 aromatic rings. The van der Waals surface area contributed by atoms with Crippen LogP contribution in [0.2, 0.25) is 0 Å². The van der Waals surface area contributed by atoms with Crippen LogP contribution in [0.4, 0.5) is 17.1 Å². The summed E-state index contributed by atoms with van der Waals surface area (Å²) in [5.41, 5.74) is 8.22. The lowest BCUT2D eigenvalue weighted by Crippen LogP contribution is -2.26. The molecule has 1 aliphatic heterocycles. The molecule has 0 saturated heterocycles. The molecule has 1 aromatic carbocycles. The Hall–Kier alpha value is -1.91. The molecule has 1 unspecified atom stereocenters. The Morgan fingerprint density at radius 2 is 2.19 bits per heavy atom. The summed E-state index contributed by atoms with van der Waals surface area (Å²) in [6.45, 7) is 4.42. The summed E-state index contributed by atoms with van der Waals surface area (Å²) < 4.78 is 5.35. The molecule has 0 aliphatic carbocycles. The van der Waals surface area contributed by atoms with E-state index < -0.39 is 0 Å². The number of anilines is 3. The highest BCUT2D eigenvalue weighted by Crippen LogP contribution is 2.35. The molecule has 4 N–H and O–H groups in total. The highest BCUT2D eigenvalue weighted by molar-refractivity contribution is 5.97. The highest BCUT2D eigenvalue weighted by atomic mass is 16.5. The summed E-state index contributed by atoms with van der Waals surface area (Å²) >= 11 is 0. The largest absolute Gasteiger partial charge is 0.482 e. The van der Waals surface area contributed by atoms with Gasteiger partial charge in [-0.05, 0) is 19.4 Å². The second kappa shape index (κ2) is 7.20. The summed E-state index contributed by atoms with van der Waals surface area (Å²) in [7, 11) is 0. The Morgan fingerprint density at radius 1 is 1.38 bits per heavy atom. The molecule has 0 radical (unpaired) electrons. The monoisotopic (exact) mass is 291 g/mol. The number of fused-ring (bicyclic) bond motifs is 1. The van der Waals surface area contributed by atoms with Gasteiger partial charge in [0, 0.05) is 12.1 Å². The lowest BCUT2D eigenvalue weighted by Gasteiger charge is -2.22. The molecule has 0 spiro atoms. The first kappa shape index (κ1) is 15.5. The number of benzene rings is 1. The summed E-state index contributed by atoms with van der Waals surface area (Å²) in [6.07, 6.45) is 6.13. The third-order valence-electron chi connectivity index (χ3n) is 3.68. The van der Waals surface area contributed by atoms with Crippen LogP contribution in [0, 0.1) is 0 Å². The molecule has 116 valence electrons. The van der Waals surface area contributed by atoms with Crippen LogP contribution in [0.3, 0.4) is 0 Å². The van der Waals surface area contributed by atoms with Gasteiger partial charge in [-0.3, -0.25) is 4.79 Å². The molecule has 2 rings (SSSR count). The second-order valence-corrected chi connectivity index (χ2v) is 5.67. The summed E-state index contributed by atoms with van der Waals surface area (Å²) in [5, 5.41) is 6.22. The molecular weight excluding hydrogens is 266 g/mol. The SMILES string of the molecule is CCCCCCC(C)Nc1cc2c(cc1N)OCC(=O)N2. The number of rotatable bonds is 7. The van der Waals surface area contributed by atoms with E-state index in [4.69, 9.17) is 10.5 Å². The minimum absolute atomic E-state index is 0.0487. The normalized spacial score (nSPS) is 14.9. The third-order valence-corrected chi connectivity index (χ3v) is 3.68. The molecular formula is C16H25N3O2. The van der Waals surface area contributed by atoms with E-state index in [1.54, 1.807) is 6.07 Å². The average Bonchev–Trinajstić information content (AvgIpc) is 2.45. The van der Waals surface area contributed by atoms with Crippen molar-refractivity contribution >= 4 is 23.0 Å². The van der Waals surface area contributed by atoms with Crippen LogP contribution < -0.4 is 21.1 Å². The Kier molecular flexibility index (Phi) is 5.31. The third kappa shape index (κ3) is 4.28. The fraction of sp³-hybridized carbons (Fsp3) is 0.562. The summed E-state index contributed by atoms with van der Waals surface area (Å²) in [4.78, 5) is 11.4. The van der Waals surface area contributed by atoms with Gasteiger partial charge in [-0.2, -0.15) is 0 Å². The number of hydrogen-bond donors (Lipinski definition) is 3. The highest BCUT2D eigenvalue weighted by Gasteiger charge is 2.18. The van der Waals surface area contributed by atoms with Crippen molar-refractivity contribution in [1.29, 1.82) is 0 Å². The molecule has 5 heteroatoms. The fourth-order valence-electron chi connectivity index (χ4n) is 2.48. The molecule has 0 saturated carbocycles. The van der Waals surface area contributed by atoms with E-state index in [-0.39, 0.29) is 12.5 Å². The van der Waals surface area contributed by atoms with Gasteiger partial charge in [0.15, 0.2) is 6.61 Å². The predicted molar refractivity (Wildman–Crippen MR) is 86.8 cm³/mol. The van der Waals surface area contributed by atoms with Gasteiger partial charge in [-0.25, -0.2) is 0 Å². The number of hydrogen-bond acceptors (Lipinski definition) is 4. The van der Waals surface area contributed by atoms with Crippen molar-refractivity contribution in [2.45, 2.75) is 52.0 Å². The standard InChI is InChI=1S/C16H25N3O2/c1-3-4-5-6-7-11(2)18-13-9-14-15(8-12(13)17)21-10-16(20)19-14/h8-9,11,18H,3-7,10,17H2,1-2H3,(H,19,20). The van der Waals surface area contributed by atoms with E-state index in [2.05, 4.69) is 24.5 Å². The van der Waals surface area contributed by atoms with E-state index in [0.717, 1.165) is 12.1 Å². The smallest absolute Gasteiger partial charge is 0.262 e. The first-order chi connectivity index (χ1) is 10.1. The Morgan fingerprint density at radius 3 is 2.95 bits per heavy atom. The zero-order chi connectivity index (χ0) is 15.2. The number of nitrogens with one attached hydrogen (secondary N) is 2. The molecule has 0 bridgehead atoms. The zero-order valence-corrected chi connectivity index (χ0v) is 12.9. The van der Waals surface area contributed by atoms with Gasteiger partial charge in [-0.15, -0.1) is 0 Å². The number of carbonyl (C=O) groups is 1. The topological polar surface area (TPSA) is 76.4 Å². The van der Waals surface area contributed by atoms with Crippen LogP contribution in [0.5, 0.6) is 5.75 Å². The maximum absolute atomic E-state index is 11.4. The Labute approximate surface area is 126 Å². The minimum atomic E-state index is -0.133. The molecule has 0 fully saturated rings. The van der Waals surface area contributed by atoms with Gasteiger partial charge >= 0.3 is 0 Å². The quantitative estimate of drug-likeness (QED) is 0.532. The van der Waals surface area contributed by atoms with Crippen LogP contribution in [0.15, 0.2) is 12.1 Å². The Balaban J connectivity index is 1.96. The molecule has 1 amide bonds. The summed E-state index contributed by atoms with van der Waals surface area (Å²) in [6, 6.07) is 3.97. The van der Waals surface area contributed by atoms with Crippen LogP contribution in [-0.2, 0) is 4.79 Å². The number of amides is 1. The van der Waals surface area contributed by atoms with Crippen molar-refractivity contribution in [3.63, 3.8) is 0 Å². The number of nitrogens with two attached hydrogens (primary N) is 1. The fourth-order valence-corrected chi connectivity index (χ4v) is 2.48. The summed E-state index contributed by atoms with van der Waals surface area (Å²) in [5.74, 6) is 0.499. The van der Waals surface area contributed by atoms with Gasteiger partial charge in [0.25, 0.3) is 5.91 Å². The van der Waals surface area contributed by atoms with E-state index in [1.165, 1.54) is 25.7 Å². The molecule has 21 heavy (non-hydrogen) atoms. The molecule has 0 aromatic heterocycles. The molecule has 1 heterocycles. The van der Waals surface area contributed by atoms with Crippen LogP contribution in [0.25, 0.3) is 0 Å². The lowest BCUT2D eigenvalue weighted by molar-refractivity contribution is -0.118. The van der Waals surface area contributed by atoms with Crippen molar-refractivity contribution in [2.75, 3.05) is 23.0 Å². The van der Waals surface area contributed by atoms with Crippen molar-refractivity contribution in [2.24, 2.45) is 0 Å². The second-order valence-electron chi connectivity index (χ2n) is 5.67. The van der Waals surface area contributed by atoms with Gasteiger partial charge < -0.3 is 21.1 Å². The number of ether oxygens (including phenoxy) is 1. The average molecular weight is 291 g/mol. The van der Waals surface area contributed by atoms with E-state index in [9.17, 15) is 4.79 Å². The van der Waals surface area contributed by atoms with Gasteiger partial charge in [-0.1, -0.05) is 32.6 Å². The maximum atomic E-state index is 11.4. The zero-order valence-electron chi connectivity index (χ0n) is 12.9. The van der Waals surface area contributed by atoms with Crippen LogP contribution >= 0.6 is 0 Å². The predicted octanol–water partition coefficient (Wildman–Crippen LogP) is 3.37. The van der Waals surface area contributed by atoms with Crippen molar-refractivity contribution in [3.8, 4) is 5.75 Å². The number of carbonyl (C=O) groups excluding carboxylic acids is 1. The van der Waals surface area contributed by atoms with E-state index >= 15 is 0 Å². The lowest BCUT2D eigenvalue weighted by atomic mass is 10.1. The maximum Gasteiger partial charge on any atom is 0.262 e. The first-order valence-electron chi connectivity index (χ1n) is 7.73. The number of unbranched alkanes of at least 4 members (excludes halogenated alkanes) is 3. The van der Waals surface area contributed by atoms with Crippen molar-refractivity contribution in [1.82, 2.24) is 0 Å². The van der Waals surface area contributed by atoms with E-state index in [1.807, 2.05) is 6.07 Å². The number of nitrogen functional groups attached to an aromatic ring is 1. The molecule has 5 nitrogen and oxygen atoms in total. The van der Waals surface area contributed by atoms with Crippen molar-refractivity contribution < 1.29 is 9.53 Å². The molecule has 1 atom stereocenters. The van der Waals surface area contributed by atoms with Crippen LogP contribution in [0.1, 0.15) is 46.0 Å². The van der Waals surface area contributed by atoms with Crippen LogP contribution in [-0.4, -0.2) is 18.6 Å². The molecule has 1 aliphatic rings. The van der Waals surface area contributed by atoms with Gasteiger partial charge in [0.05, 0.1) is 17.1 Å². The van der Waals surface area contributed by atoms with Crippen molar-refractivity contribution in [3.05, 3.63) is 12.1 Å². The van der Waals surface area contributed by atoms with E-state index in [0.29, 0.717) is 23.2 Å². The van der Waals surface area contributed by atoms with Gasteiger partial charge in [0.2, 0.25) is 0 Å². The first-order valence-corrected chi connectivity index (χ1v) is 7.73. The van der Waals surface area contributed by atoms with Gasteiger partial charge in [0.1, 0.15) is 5.75 Å².